The van der Waals surface area contributed by atoms with Crippen LogP contribution in [0, 0.1) is 17.8 Å². The number of carboxylic acid groups (broad SMARTS) is 1. The lowest BCUT2D eigenvalue weighted by Crippen LogP contribution is -2.74. The predicted molar refractivity (Wildman–Crippen MR) is 105 cm³/mol. The molecule has 3 atom stereocenters. The predicted octanol–water partition coefficient (Wildman–Crippen LogP) is -2.44. The van der Waals surface area contributed by atoms with Crippen LogP contribution in [0.25, 0.3) is 0 Å². The minimum atomic E-state index is -1.18. The van der Waals surface area contributed by atoms with Gasteiger partial charge in [-0.1, -0.05) is 17.7 Å². The molecule has 2 aliphatic rings. The summed E-state index contributed by atoms with van der Waals surface area (Å²) in [6.45, 7) is 0.0843. The molecule has 2 N–H and O–H groups in total. The van der Waals surface area contributed by atoms with E-state index in [-0.39, 0.29) is 42.4 Å². The highest BCUT2D eigenvalue weighted by molar-refractivity contribution is 8.00. The normalized spacial score (nSPS) is 24.7. The number of fused-ring (bicyclic) bond motifs is 1. The van der Waals surface area contributed by atoms with E-state index in [1.54, 1.807) is 0 Å². The van der Waals surface area contributed by atoms with Gasteiger partial charge in [0.15, 0.2) is 0 Å². The molecule has 4 rings (SSSR count). The van der Waals surface area contributed by atoms with Gasteiger partial charge in [-0.2, -0.15) is 0 Å². The van der Waals surface area contributed by atoms with Crippen LogP contribution in [0.15, 0.2) is 11.5 Å². The fourth-order valence-electron chi connectivity index (χ4n) is 3.21. The molecular weight excluding hydrogens is 448 g/mol. The molecule has 0 aromatic carbocycles. The Balaban J connectivity index is 1.38. The van der Waals surface area contributed by atoms with E-state index in [0.717, 1.165) is 0 Å². The Bertz CT molecular complexity index is 1040. The van der Waals surface area contributed by atoms with Gasteiger partial charge in [-0.25, -0.2) is 9.36 Å². The number of hydrogen-bond acceptors (Lipinski definition) is 11. The summed E-state index contributed by atoms with van der Waals surface area (Å²) in [6.07, 6.45) is 6.58. The van der Waals surface area contributed by atoms with Crippen molar-refractivity contribution in [2.24, 2.45) is 5.41 Å². The van der Waals surface area contributed by atoms with Gasteiger partial charge in [0, 0.05) is 18.1 Å². The van der Waals surface area contributed by atoms with Crippen LogP contribution in [0.2, 0.25) is 0 Å². The Morgan fingerprint density at radius 3 is 2.97 bits per heavy atom. The first-order valence-electron chi connectivity index (χ1n) is 8.91. The van der Waals surface area contributed by atoms with Crippen molar-refractivity contribution in [3.63, 3.8) is 0 Å². The second-order valence-electron chi connectivity index (χ2n) is 6.92. The monoisotopic (exact) mass is 464 g/mol. The van der Waals surface area contributed by atoms with E-state index in [2.05, 4.69) is 42.3 Å². The molecule has 16 heteroatoms. The van der Waals surface area contributed by atoms with Crippen LogP contribution in [0.4, 0.5) is 0 Å². The third-order valence-corrected chi connectivity index (χ3v) is 7.66. The molecule has 162 valence electrons. The molecule has 0 bridgehead atoms. The Hall–Kier alpha value is -3.19. The van der Waals surface area contributed by atoms with Crippen LogP contribution in [0.5, 0.6) is 0 Å². The number of rotatable bonds is 8. The molecule has 31 heavy (non-hydrogen) atoms. The lowest BCUT2D eigenvalue weighted by molar-refractivity contribution is -0.157. The zero-order chi connectivity index (χ0) is 22.0. The first kappa shape index (κ1) is 21.1. The number of thioether (sulfide) groups is 2. The van der Waals surface area contributed by atoms with Gasteiger partial charge in [-0.15, -0.1) is 28.4 Å². The van der Waals surface area contributed by atoms with E-state index in [0.29, 0.717) is 5.16 Å². The molecule has 2 fully saturated rings. The number of nitrogens with one attached hydrogen (secondary N) is 1. The number of amides is 2. The zero-order valence-electron chi connectivity index (χ0n) is 15.9. The number of β-lactam (4-membered cyclic amide) rings is 1. The lowest BCUT2D eigenvalue weighted by atomic mass is 9.89. The molecule has 2 saturated heterocycles. The van der Waals surface area contributed by atoms with Crippen LogP contribution in [-0.2, 0) is 27.5 Å². The first-order chi connectivity index (χ1) is 14.9. The fraction of sp³-hybridized carbons (Fsp3) is 0.533. The number of carboxylic acids is 1. The number of carbonyl (C=O) groups excluding carboxylic acids is 2. The number of aromatic nitrogens is 8. The highest BCUT2D eigenvalue weighted by atomic mass is 32.2. The van der Waals surface area contributed by atoms with Crippen molar-refractivity contribution < 1.29 is 19.5 Å². The van der Waals surface area contributed by atoms with E-state index in [1.807, 2.05) is 0 Å². The van der Waals surface area contributed by atoms with Gasteiger partial charge in [0.2, 0.25) is 17.0 Å². The van der Waals surface area contributed by atoms with Crippen molar-refractivity contribution in [2.75, 3.05) is 18.1 Å². The number of carbonyl (C=O) groups is 3. The molecule has 4 heterocycles. The summed E-state index contributed by atoms with van der Waals surface area (Å²) in [5.74, 6) is 1.11. The molecule has 0 aliphatic carbocycles. The quantitative estimate of drug-likeness (QED) is 0.240. The third-order valence-electron chi connectivity index (χ3n) is 4.83. The number of hydrogen-bond donors (Lipinski definition) is 2. The van der Waals surface area contributed by atoms with Crippen molar-refractivity contribution in [3.8, 4) is 12.3 Å². The topological polar surface area (TPSA) is 174 Å². The summed E-state index contributed by atoms with van der Waals surface area (Å²) in [7, 11) is 0. The Morgan fingerprint density at radius 2 is 2.26 bits per heavy atom. The van der Waals surface area contributed by atoms with Crippen molar-refractivity contribution in [1.29, 1.82) is 0 Å². The minimum absolute atomic E-state index is 0.0297. The Labute approximate surface area is 183 Å². The largest absolute Gasteiger partial charge is 0.481 e. The van der Waals surface area contributed by atoms with Gasteiger partial charge in [-0.3, -0.25) is 14.4 Å². The first-order valence-corrected chi connectivity index (χ1v) is 10.9. The average Bonchev–Trinajstić information content (AvgIpc) is 3.42. The second kappa shape index (κ2) is 8.51. The highest BCUT2D eigenvalue weighted by Gasteiger charge is 2.57. The number of terminal acetylenes is 1. The standard InChI is InChI=1S/C15H16N10O4S2/c1-2-3-25-14(18-20-22-25)31-7-15(13(28)29)5-24-11(27)10(12(24)30-6-15)17-9(26)4-23-8-16-19-21-23/h1,8,10,12H,3-7H2,(H,17,26)(H,28,29)/t10?,12-,15?/m1/s1. The van der Waals surface area contributed by atoms with Gasteiger partial charge in [0.25, 0.3) is 0 Å². The van der Waals surface area contributed by atoms with Crippen LogP contribution in [0.3, 0.4) is 0 Å². The molecule has 2 aromatic heterocycles. The van der Waals surface area contributed by atoms with E-state index < -0.39 is 23.3 Å². The van der Waals surface area contributed by atoms with Crippen molar-refractivity contribution in [1.82, 2.24) is 50.6 Å². The number of nitrogens with zero attached hydrogens (tertiary/aromatic N) is 9. The molecule has 0 spiro atoms. The van der Waals surface area contributed by atoms with Crippen LogP contribution >= 0.6 is 23.5 Å². The highest BCUT2D eigenvalue weighted by Crippen LogP contribution is 2.44. The summed E-state index contributed by atoms with van der Waals surface area (Å²) < 4.78 is 2.65. The summed E-state index contributed by atoms with van der Waals surface area (Å²) >= 11 is 2.50. The SMILES string of the molecule is C#CCn1nnnc1SCC1(C(=O)O)CS[C@@H]2C(NC(=O)Cn3cnnn3)C(=O)N2C1. The number of aliphatic carboxylic acids is 1. The third kappa shape index (κ3) is 4.05. The van der Waals surface area contributed by atoms with Crippen molar-refractivity contribution in [3.05, 3.63) is 6.33 Å². The van der Waals surface area contributed by atoms with E-state index in [1.165, 1.54) is 44.1 Å². The van der Waals surface area contributed by atoms with Gasteiger partial charge in [0.05, 0.1) is 0 Å². The summed E-state index contributed by atoms with van der Waals surface area (Å²) in [5.41, 5.74) is -1.18. The maximum absolute atomic E-state index is 12.6. The molecular formula is C15H16N10O4S2. The van der Waals surface area contributed by atoms with E-state index in [9.17, 15) is 19.5 Å². The average molecular weight is 464 g/mol. The molecule has 2 unspecified atom stereocenters. The minimum Gasteiger partial charge on any atom is -0.481 e. The van der Waals surface area contributed by atoms with Gasteiger partial charge >= 0.3 is 5.97 Å². The zero-order valence-corrected chi connectivity index (χ0v) is 17.5. The van der Waals surface area contributed by atoms with Crippen LogP contribution < -0.4 is 5.32 Å². The van der Waals surface area contributed by atoms with Crippen molar-refractivity contribution >= 4 is 41.3 Å². The van der Waals surface area contributed by atoms with Crippen LogP contribution in [-0.4, -0.2) is 97.7 Å². The van der Waals surface area contributed by atoms with Gasteiger partial charge in [0.1, 0.15) is 36.2 Å². The maximum Gasteiger partial charge on any atom is 0.313 e. The summed E-state index contributed by atoms with van der Waals surface area (Å²) in [4.78, 5) is 38.4. The molecule has 14 nitrogen and oxygen atoms in total. The van der Waals surface area contributed by atoms with Gasteiger partial charge < -0.3 is 15.3 Å². The summed E-state index contributed by atoms with van der Waals surface area (Å²) in [6, 6.07) is -0.712. The summed E-state index contributed by atoms with van der Waals surface area (Å²) in [5, 5.41) is 34.4. The second-order valence-corrected chi connectivity index (χ2v) is 8.97. The molecule has 0 radical (unpaired) electrons. The fourth-order valence-corrected chi connectivity index (χ4v) is 5.95. The van der Waals surface area contributed by atoms with Crippen molar-refractivity contribution in [2.45, 2.75) is 29.7 Å². The molecule has 2 aromatic rings. The van der Waals surface area contributed by atoms with E-state index in [4.69, 9.17) is 6.42 Å². The number of tetrazole rings is 2. The van der Waals surface area contributed by atoms with E-state index >= 15 is 0 Å². The molecule has 0 saturated carbocycles. The Morgan fingerprint density at radius 1 is 1.42 bits per heavy atom. The maximum atomic E-state index is 12.6. The Kier molecular flexibility index (Phi) is 5.78. The molecule has 2 aliphatic heterocycles. The lowest BCUT2D eigenvalue weighted by Gasteiger charge is -2.53. The molecule has 2 amide bonds. The van der Waals surface area contributed by atoms with Crippen LogP contribution in [0.1, 0.15) is 0 Å². The van der Waals surface area contributed by atoms with Gasteiger partial charge in [-0.05, 0) is 20.9 Å². The smallest absolute Gasteiger partial charge is 0.313 e.